The van der Waals surface area contributed by atoms with Gasteiger partial charge < -0.3 is 5.32 Å². The molecular formula is C34H37N3O. The van der Waals surface area contributed by atoms with Crippen LogP contribution in [0.5, 0.6) is 0 Å². The predicted molar refractivity (Wildman–Crippen MR) is 155 cm³/mol. The highest BCUT2D eigenvalue weighted by Crippen LogP contribution is 2.33. The van der Waals surface area contributed by atoms with Gasteiger partial charge >= 0.3 is 0 Å². The first-order valence-electron chi connectivity index (χ1n) is 14.2. The Kier molecular flexibility index (Phi) is 7.24. The van der Waals surface area contributed by atoms with Crippen molar-refractivity contribution in [1.29, 1.82) is 0 Å². The number of hydrogen-bond acceptors (Lipinski definition) is 3. The van der Waals surface area contributed by atoms with E-state index in [1.807, 2.05) is 24.3 Å². The first kappa shape index (κ1) is 24.8. The molecule has 0 bridgehead atoms. The molecule has 4 aromatic rings. The number of nitrogens with one attached hydrogen (secondary N) is 1. The van der Waals surface area contributed by atoms with Gasteiger partial charge in [0.15, 0.2) is 0 Å². The van der Waals surface area contributed by atoms with E-state index in [0.29, 0.717) is 12.5 Å². The van der Waals surface area contributed by atoms with E-state index >= 15 is 0 Å². The van der Waals surface area contributed by atoms with Crippen LogP contribution in [0.3, 0.4) is 0 Å². The molecule has 1 atom stereocenters. The minimum absolute atomic E-state index is 0.0336. The molecule has 6 rings (SSSR count). The maximum Gasteiger partial charge on any atom is 0.252 e. The number of amides is 1. The lowest BCUT2D eigenvalue weighted by Crippen LogP contribution is -2.40. The van der Waals surface area contributed by atoms with Crippen molar-refractivity contribution in [2.45, 2.75) is 64.6 Å². The summed E-state index contributed by atoms with van der Waals surface area (Å²) < 4.78 is 0. The van der Waals surface area contributed by atoms with Gasteiger partial charge in [-0.25, -0.2) is 4.98 Å². The molecule has 4 nitrogen and oxygen atoms in total. The first-order valence-corrected chi connectivity index (χ1v) is 14.2. The summed E-state index contributed by atoms with van der Waals surface area (Å²) in [7, 11) is 0. The molecule has 1 saturated carbocycles. The second kappa shape index (κ2) is 11.1. The maximum absolute atomic E-state index is 14.2. The lowest BCUT2D eigenvalue weighted by molar-refractivity contribution is 0.0918. The Morgan fingerprint density at radius 2 is 1.63 bits per heavy atom. The van der Waals surface area contributed by atoms with E-state index < -0.39 is 0 Å². The van der Waals surface area contributed by atoms with Crippen LogP contribution in [0.25, 0.3) is 22.2 Å². The first-order chi connectivity index (χ1) is 18.7. The van der Waals surface area contributed by atoms with Crippen LogP contribution in [0.4, 0.5) is 0 Å². The number of fused-ring (bicyclic) bond motifs is 2. The molecule has 1 fully saturated rings. The summed E-state index contributed by atoms with van der Waals surface area (Å²) in [4.78, 5) is 21.8. The van der Waals surface area contributed by atoms with Gasteiger partial charge in [0.1, 0.15) is 0 Å². The Hall–Kier alpha value is -3.50. The fraction of sp³-hybridized carbons (Fsp3) is 0.353. The van der Waals surface area contributed by atoms with Gasteiger partial charge in [-0.15, -0.1) is 0 Å². The molecule has 0 radical (unpaired) electrons. The van der Waals surface area contributed by atoms with Crippen LogP contribution in [0.2, 0.25) is 0 Å². The van der Waals surface area contributed by atoms with E-state index in [2.05, 4.69) is 71.7 Å². The Labute approximate surface area is 226 Å². The maximum atomic E-state index is 14.2. The van der Waals surface area contributed by atoms with Crippen molar-refractivity contribution in [1.82, 2.24) is 15.2 Å². The Bertz CT molecular complexity index is 1420. The molecule has 194 valence electrons. The van der Waals surface area contributed by atoms with Gasteiger partial charge in [0, 0.05) is 42.2 Å². The molecule has 38 heavy (non-hydrogen) atoms. The van der Waals surface area contributed by atoms with Gasteiger partial charge in [-0.3, -0.25) is 9.69 Å². The smallest absolute Gasteiger partial charge is 0.252 e. The van der Waals surface area contributed by atoms with Gasteiger partial charge in [-0.2, -0.15) is 0 Å². The molecule has 1 aliphatic carbocycles. The summed E-state index contributed by atoms with van der Waals surface area (Å²) in [5.74, 6) is 0.586. The van der Waals surface area contributed by atoms with E-state index in [1.165, 1.54) is 43.2 Å². The number of pyridine rings is 1. The van der Waals surface area contributed by atoms with Gasteiger partial charge in [-0.1, -0.05) is 92.1 Å². The van der Waals surface area contributed by atoms with Crippen LogP contribution in [-0.4, -0.2) is 28.4 Å². The SMILES string of the molecule is C[C@H](NC(=O)c1c(CN2CCc3ccccc3C2)c(-c2ccccc2)nc2ccccc12)C1CCCCC1. The quantitative estimate of drug-likeness (QED) is 0.304. The molecule has 1 N–H and O–H groups in total. The number of carbonyl (C=O) groups excluding carboxylic acids is 1. The van der Waals surface area contributed by atoms with Gasteiger partial charge in [0.05, 0.1) is 16.8 Å². The summed E-state index contributed by atoms with van der Waals surface area (Å²) in [6.07, 6.45) is 7.28. The zero-order valence-electron chi connectivity index (χ0n) is 22.3. The van der Waals surface area contributed by atoms with Crippen molar-refractivity contribution in [2.24, 2.45) is 5.92 Å². The van der Waals surface area contributed by atoms with Crippen molar-refractivity contribution < 1.29 is 4.79 Å². The fourth-order valence-electron chi connectivity index (χ4n) is 6.44. The van der Waals surface area contributed by atoms with Crippen molar-refractivity contribution in [3.8, 4) is 11.3 Å². The topological polar surface area (TPSA) is 45.2 Å². The molecular weight excluding hydrogens is 466 g/mol. The number of aromatic nitrogens is 1. The number of carbonyl (C=O) groups is 1. The predicted octanol–water partition coefficient (Wildman–Crippen LogP) is 7.16. The normalized spacial score (nSPS) is 17.2. The Balaban J connectivity index is 1.43. The number of benzene rings is 3. The lowest BCUT2D eigenvalue weighted by Gasteiger charge is -2.31. The van der Waals surface area contributed by atoms with E-state index in [9.17, 15) is 4.79 Å². The fourth-order valence-corrected chi connectivity index (χ4v) is 6.44. The number of para-hydroxylation sites is 1. The highest BCUT2D eigenvalue weighted by atomic mass is 16.1. The molecule has 3 aromatic carbocycles. The average molecular weight is 504 g/mol. The Morgan fingerprint density at radius 3 is 2.45 bits per heavy atom. The Morgan fingerprint density at radius 1 is 0.921 bits per heavy atom. The van der Waals surface area contributed by atoms with E-state index in [4.69, 9.17) is 4.98 Å². The van der Waals surface area contributed by atoms with Crippen LogP contribution in [0, 0.1) is 5.92 Å². The van der Waals surface area contributed by atoms with Gasteiger partial charge in [0.2, 0.25) is 0 Å². The number of nitrogens with zero attached hydrogens (tertiary/aromatic N) is 2. The molecule has 0 saturated heterocycles. The van der Waals surface area contributed by atoms with Crippen LogP contribution in [-0.2, 0) is 19.5 Å². The zero-order chi connectivity index (χ0) is 25.9. The van der Waals surface area contributed by atoms with Crippen molar-refractivity contribution >= 4 is 16.8 Å². The second-order valence-corrected chi connectivity index (χ2v) is 11.1. The van der Waals surface area contributed by atoms with E-state index in [0.717, 1.165) is 52.8 Å². The third-order valence-electron chi connectivity index (χ3n) is 8.57. The highest BCUT2D eigenvalue weighted by Gasteiger charge is 2.27. The van der Waals surface area contributed by atoms with Crippen LogP contribution in [0.15, 0.2) is 78.9 Å². The summed E-state index contributed by atoms with van der Waals surface area (Å²) >= 11 is 0. The molecule has 2 aliphatic rings. The molecule has 1 aromatic heterocycles. The van der Waals surface area contributed by atoms with Crippen molar-refractivity contribution in [3.63, 3.8) is 0 Å². The molecule has 0 unspecified atom stereocenters. The molecule has 1 amide bonds. The standard InChI is InChI=1S/C34H37N3O/c1-24(25-12-4-2-5-13-25)35-34(38)32-29-18-10-11-19-31(29)36-33(27-15-6-3-7-16-27)30(32)23-37-21-20-26-14-8-9-17-28(26)22-37/h3,6-11,14-19,24-25H,2,4-5,12-13,20-23H2,1H3,(H,35,38)/t24-/m0/s1. The monoisotopic (exact) mass is 503 g/mol. The molecule has 2 heterocycles. The van der Waals surface area contributed by atoms with Crippen LogP contribution >= 0.6 is 0 Å². The molecule has 1 aliphatic heterocycles. The largest absolute Gasteiger partial charge is 0.349 e. The minimum atomic E-state index is 0.0336. The summed E-state index contributed by atoms with van der Waals surface area (Å²) in [6, 6.07) is 27.4. The lowest BCUT2D eigenvalue weighted by atomic mass is 9.84. The van der Waals surface area contributed by atoms with Gasteiger partial charge in [-0.05, 0) is 49.3 Å². The summed E-state index contributed by atoms with van der Waals surface area (Å²) in [5.41, 5.74) is 7.47. The average Bonchev–Trinajstić information content (AvgIpc) is 2.97. The van der Waals surface area contributed by atoms with E-state index in [-0.39, 0.29) is 11.9 Å². The third kappa shape index (κ3) is 5.10. The molecule has 4 heteroatoms. The second-order valence-electron chi connectivity index (χ2n) is 11.1. The third-order valence-corrected chi connectivity index (χ3v) is 8.57. The summed E-state index contributed by atoms with van der Waals surface area (Å²) in [5, 5.41) is 4.38. The van der Waals surface area contributed by atoms with Crippen molar-refractivity contribution in [2.75, 3.05) is 6.54 Å². The molecule has 0 spiro atoms. The highest BCUT2D eigenvalue weighted by molar-refractivity contribution is 6.09. The minimum Gasteiger partial charge on any atom is -0.349 e. The zero-order valence-corrected chi connectivity index (χ0v) is 22.3. The van der Waals surface area contributed by atoms with Crippen LogP contribution in [0.1, 0.15) is 66.1 Å². The van der Waals surface area contributed by atoms with Crippen LogP contribution < -0.4 is 5.32 Å². The number of hydrogen-bond donors (Lipinski definition) is 1. The van der Waals surface area contributed by atoms with Crippen molar-refractivity contribution in [3.05, 3.63) is 101 Å². The van der Waals surface area contributed by atoms with Gasteiger partial charge in [0.25, 0.3) is 5.91 Å². The summed E-state index contributed by atoms with van der Waals surface area (Å²) in [6.45, 7) is 4.74. The van der Waals surface area contributed by atoms with E-state index in [1.54, 1.807) is 0 Å². The number of rotatable bonds is 6.